The Bertz CT molecular complexity index is 139. The zero-order chi connectivity index (χ0) is 7.73. The minimum absolute atomic E-state index is 0.459. The molecule has 2 N–H and O–H groups in total. The maximum absolute atomic E-state index is 5.75. The maximum Gasteiger partial charge on any atom is 0.0333 e. The van der Waals surface area contributed by atoms with E-state index in [0.29, 0.717) is 5.54 Å². The monoisotopic (exact) mass is 172 g/mol. The lowest BCUT2D eigenvalue weighted by atomic mass is 10.2. The summed E-state index contributed by atoms with van der Waals surface area (Å²) in [5, 5.41) is 0. The minimum Gasteiger partial charge on any atom is -0.329 e. The second-order valence-electron chi connectivity index (χ2n) is 3.53. The number of hydrogen-bond donors (Lipinski definition) is 1. The summed E-state index contributed by atoms with van der Waals surface area (Å²) in [5.74, 6) is 2.61. The molecule has 2 rings (SSSR count). The molecule has 2 fully saturated rings. The maximum atomic E-state index is 5.75. The van der Waals surface area contributed by atoms with Crippen LogP contribution in [0.1, 0.15) is 12.8 Å². The normalized spacial score (nSPS) is 30.3. The van der Waals surface area contributed by atoms with Gasteiger partial charge >= 0.3 is 0 Å². The predicted octanol–water partition coefficient (Wildman–Crippen LogP) is 0.526. The number of hydrogen-bond acceptors (Lipinski definition) is 3. The van der Waals surface area contributed by atoms with Gasteiger partial charge in [0.05, 0.1) is 0 Å². The Balaban J connectivity index is 1.92. The van der Waals surface area contributed by atoms with Crippen molar-refractivity contribution in [1.82, 2.24) is 4.90 Å². The van der Waals surface area contributed by atoms with Crippen molar-refractivity contribution in [3.8, 4) is 0 Å². The van der Waals surface area contributed by atoms with E-state index in [4.69, 9.17) is 5.73 Å². The highest BCUT2D eigenvalue weighted by Gasteiger charge is 2.46. The van der Waals surface area contributed by atoms with Gasteiger partial charge in [-0.2, -0.15) is 11.8 Å². The second-order valence-corrected chi connectivity index (χ2v) is 4.75. The Morgan fingerprint density at radius 3 is 2.36 bits per heavy atom. The largest absolute Gasteiger partial charge is 0.329 e. The Labute approximate surface area is 72.5 Å². The highest BCUT2D eigenvalue weighted by atomic mass is 32.2. The molecule has 64 valence electrons. The molecule has 0 amide bonds. The van der Waals surface area contributed by atoms with Crippen LogP contribution in [0.4, 0.5) is 0 Å². The van der Waals surface area contributed by atoms with E-state index < -0.39 is 0 Å². The molecule has 2 aliphatic rings. The lowest BCUT2D eigenvalue weighted by Crippen LogP contribution is -2.47. The van der Waals surface area contributed by atoms with E-state index in [1.807, 2.05) is 0 Å². The van der Waals surface area contributed by atoms with Gasteiger partial charge in [-0.15, -0.1) is 0 Å². The zero-order valence-electron chi connectivity index (χ0n) is 6.88. The molecule has 1 saturated carbocycles. The fourth-order valence-electron chi connectivity index (χ4n) is 1.83. The molecule has 0 aromatic rings. The average Bonchev–Trinajstić information content (AvgIpc) is 2.86. The number of nitrogens with zero attached hydrogens (tertiary/aromatic N) is 1. The third-order valence-electron chi connectivity index (χ3n) is 2.89. The van der Waals surface area contributed by atoms with Crippen LogP contribution < -0.4 is 5.73 Å². The van der Waals surface area contributed by atoms with Gasteiger partial charge in [0.1, 0.15) is 0 Å². The standard InChI is InChI=1S/C8H16N2S/c9-7-8(1-2-8)10-3-5-11-6-4-10/h1-7,9H2. The average molecular weight is 172 g/mol. The van der Waals surface area contributed by atoms with Crippen LogP contribution in [0.25, 0.3) is 0 Å². The van der Waals surface area contributed by atoms with Crippen molar-refractivity contribution < 1.29 is 0 Å². The molecule has 0 unspecified atom stereocenters. The summed E-state index contributed by atoms with van der Waals surface area (Å²) in [7, 11) is 0. The first kappa shape index (κ1) is 7.90. The van der Waals surface area contributed by atoms with E-state index >= 15 is 0 Å². The summed E-state index contributed by atoms with van der Waals surface area (Å²) < 4.78 is 0. The molecule has 1 aliphatic heterocycles. The summed E-state index contributed by atoms with van der Waals surface area (Å²) in [6, 6.07) is 0. The van der Waals surface area contributed by atoms with E-state index in [1.54, 1.807) is 0 Å². The molecule has 3 heteroatoms. The molecular weight excluding hydrogens is 156 g/mol. The molecule has 1 saturated heterocycles. The summed E-state index contributed by atoms with van der Waals surface area (Å²) >= 11 is 2.07. The molecule has 1 heterocycles. The second kappa shape index (κ2) is 2.96. The van der Waals surface area contributed by atoms with Crippen molar-refractivity contribution in [2.45, 2.75) is 18.4 Å². The lowest BCUT2D eigenvalue weighted by molar-refractivity contribution is 0.201. The Morgan fingerprint density at radius 1 is 1.27 bits per heavy atom. The molecule has 0 bridgehead atoms. The SMILES string of the molecule is NCC1(N2CCSCC2)CC1. The first-order valence-corrected chi connectivity index (χ1v) is 5.56. The predicted molar refractivity (Wildman–Crippen MR) is 49.9 cm³/mol. The van der Waals surface area contributed by atoms with E-state index in [9.17, 15) is 0 Å². The smallest absolute Gasteiger partial charge is 0.0333 e. The Hall–Kier alpha value is 0.270. The topological polar surface area (TPSA) is 29.3 Å². The molecule has 1 aliphatic carbocycles. The third kappa shape index (κ3) is 1.42. The molecular formula is C8H16N2S. The van der Waals surface area contributed by atoms with Crippen LogP contribution in [0.15, 0.2) is 0 Å². The molecule has 0 aromatic heterocycles. The number of rotatable bonds is 2. The molecule has 0 spiro atoms. The fourth-order valence-corrected chi connectivity index (χ4v) is 2.73. The molecule has 11 heavy (non-hydrogen) atoms. The van der Waals surface area contributed by atoms with Gasteiger partial charge in [-0.1, -0.05) is 0 Å². The van der Waals surface area contributed by atoms with Gasteiger partial charge in [0.2, 0.25) is 0 Å². The van der Waals surface area contributed by atoms with Crippen molar-refractivity contribution >= 4 is 11.8 Å². The van der Waals surface area contributed by atoms with Crippen molar-refractivity contribution in [3.05, 3.63) is 0 Å². The minimum atomic E-state index is 0.459. The molecule has 2 nitrogen and oxygen atoms in total. The Kier molecular flexibility index (Phi) is 2.12. The van der Waals surface area contributed by atoms with Gasteiger partial charge in [-0.3, -0.25) is 4.90 Å². The summed E-state index contributed by atoms with van der Waals surface area (Å²) in [5.41, 5.74) is 6.21. The summed E-state index contributed by atoms with van der Waals surface area (Å²) in [4.78, 5) is 2.60. The van der Waals surface area contributed by atoms with Crippen LogP contribution in [0.2, 0.25) is 0 Å². The van der Waals surface area contributed by atoms with Crippen LogP contribution in [0, 0.1) is 0 Å². The van der Waals surface area contributed by atoms with Crippen LogP contribution in [-0.4, -0.2) is 41.6 Å². The third-order valence-corrected chi connectivity index (χ3v) is 3.83. The van der Waals surface area contributed by atoms with Gasteiger partial charge in [-0.05, 0) is 12.8 Å². The summed E-state index contributed by atoms with van der Waals surface area (Å²) in [6.45, 7) is 3.40. The first-order chi connectivity index (χ1) is 5.37. The van der Waals surface area contributed by atoms with Crippen LogP contribution in [0.5, 0.6) is 0 Å². The number of thioether (sulfide) groups is 1. The fraction of sp³-hybridized carbons (Fsp3) is 1.00. The van der Waals surface area contributed by atoms with Crippen LogP contribution >= 0.6 is 11.8 Å². The van der Waals surface area contributed by atoms with E-state index in [-0.39, 0.29) is 0 Å². The van der Waals surface area contributed by atoms with Gasteiger partial charge in [-0.25, -0.2) is 0 Å². The van der Waals surface area contributed by atoms with Crippen LogP contribution in [0.3, 0.4) is 0 Å². The first-order valence-electron chi connectivity index (χ1n) is 4.40. The van der Waals surface area contributed by atoms with E-state index in [1.165, 1.54) is 37.4 Å². The quantitative estimate of drug-likeness (QED) is 0.659. The number of nitrogens with two attached hydrogens (primary N) is 1. The zero-order valence-corrected chi connectivity index (χ0v) is 7.70. The van der Waals surface area contributed by atoms with Crippen molar-refractivity contribution in [2.75, 3.05) is 31.1 Å². The molecule has 0 atom stereocenters. The van der Waals surface area contributed by atoms with Gasteiger partial charge < -0.3 is 5.73 Å². The highest BCUT2D eigenvalue weighted by Crippen LogP contribution is 2.41. The summed E-state index contributed by atoms with van der Waals surface area (Å²) in [6.07, 6.45) is 2.68. The lowest BCUT2D eigenvalue weighted by Gasteiger charge is -2.33. The van der Waals surface area contributed by atoms with Gasteiger partial charge in [0.25, 0.3) is 0 Å². The van der Waals surface area contributed by atoms with Gasteiger partial charge in [0, 0.05) is 36.7 Å². The van der Waals surface area contributed by atoms with Crippen molar-refractivity contribution in [1.29, 1.82) is 0 Å². The van der Waals surface area contributed by atoms with E-state index in [0.717, 1.165) is 6.54 Å². The highest BCUT2D eigenvalue weighted by molar-refractivity contribution is 7.99. The Morgan fingerprint density at radius 2 is 1.91 bits per heavy atom. The van der Waals surface area contributed by atoms with E-state index in [2.05, 4.69) is 16.7 Å². The van der Waals surface area contributed by atoms with Gasteiger partial charge in [0.15, 0.2) is 0 Å². The van der Waals surface area contributed by atoms with Crippen LogP contribution in [-0.2, 0) is 0 Å². The molecule has 0 radical (unpaired) electrons. The molecule has 0 aromatic carbocycles. The van der Waals surface area contributed by atoms with Crippen molar-refractivity contribution in [2.24, 2.45) is 5.73 Å². The van der Waals surface area contributed by atoms with Crippen molar-refractivity contribution in [3.63, 3.8) is 0 Å².